The van der Waals surface area contributed by atoms with E-state index >= 15 is 0 Å². The van der Waals surface area contributed by atoms with E-state index in [9.17, 15) is 4.79 Å². The fourth-order valence-corrected chi connectivity index (χ4v) is 5.36. The van der Waals surface area contributed by atoms with E-state index in [2.05, 4.69) is 0 Å². The molecule has 1 heterocycles. The van der Waals surface area contributed by atoms with Crippen molar-refractivity contribution in [2.75, 3.05) is 59.1 Å². The summed E-state index contributed by atoms with van der Waals surface area (Å²) >= 11 is 1.80. The van der Waals surface area contributed by atoms with E-state index in [1.54, 1.807) is 33.1 Å². The maximum atomic E-state index is 12.3. The van der Waals surface area contributed by atoms with Crippen molar-refractivity contribution in [3.63, 3.8) is 0 Å². The highest BCUT2D eigenvalue weighted by atomic mass is 32.2. The summed E-state index contributed by atoms with van der Waals surface area (Å²) in [5.74, 6) is 2.12. The normalized spacial score (nSPS) is 17.5. The van der Waals surface area contributed by atoms with Crippen LogP contribution in [0.2, 0.25) is 6.04 Å². The molecule has 1 atom stereocenters. The highest BCUT2D eigenvalue weighted by Gasteiger charge is 2.36. The van der Waals surface area contributed by atoms with Crippen LogP contribution < -0.4 is 0 Å². The van der Waals surface area contributed by atoms with E-state index in [1.807, 2.05) is 11.8 Å². The second kappa shape index (κ2) is 10.6. The third-order valence-corrected chi connectivity index (χ3v) is 7.96. The average molecular weight is 352 g/mol. The van der Waals surface area contributed by atoms with Crippen LogP contribution in [0, 0.1) is 5.92 Å². The van der Waals surface area contributed by atoms with E-state index in [0.717, 1.165) is 37.1 Å². The lowest BCUT2D eigenvalue weighted by atomic mass is 10.2. The third-order valence-electron chi connectivity index (χ3n) is 3.82. The van der Waals surface area contributed by atoms with Gasteiger partial charge in [0.25, 0.3) is 0 Å². The Hall–Kier alpha value is -0.123. The molecule has 6 nitrogen and oxygen atoms in total. The number of rotatable bonds is 10. The number of hydrogen-bond donors (Lipinski definition) is 0. The first-order valence-corrected chi connectivity index (χ1v) is 10.8. The standard InChI is InChI=1S/C14H29NO5SSi/c1-13(14(16)15-6-8-20-9-7-15)12-21-10-5-11-22(17-2,18-3)19-4/h13H,5-12H2,1-4H3. The van der Waals surface area contributed by atoms with Gasteiger partial charge in [-0.15, -0.1) is 0 Å². The Bertz CT molecular complexity index is 316. The topological polar surface area (TPSA) is 57.2 Å². The van der Waals surface area contributed by atoms with Gasteiger partial charge in [0.2, 0.25) is 5.91 Å². The van der Waals surface area contributed by atoms with Crippen molar-refractivity contribution in [3.05, 3.63) is 0 Å². The minimum absolute atomic E-state index is 0.0531. The summed E-state index contributed by atoms with van der Waals surface area (Å²) in [4.78, 5) is 14.2. The van der Waals surface area contributed by atoms with Gasteiger partial charge in [0.05, 0.1) is 13.2 Å². The molecule has 1 aliphatic rings. The molecule has 0 aromatic carbocycles. The van der Waals surface area contributed by atoms with Crippen molar-refractivity contribution in [1.29, 1.82) is 0 Å². The molecule has 0 aromatic rings. The van der Waals surface area contributed by atoms with E-state index in [-0.39, 0.29) is 11.8 Å². The predicted octanol–water partition coefficient (Wildman–Crippen LogP) is 1.48. The number of morpholine rings is 1. The van der Waals surface area contributed by atoms with Gasteiger partial charge in [-0.25, -0.2) is 0 Å². The summed E-state index contributed by atoms with van der Waals surface area (Å²) in [7, 11) is 2.46. The predicted molar refractivity (Wildman–Crippen MR) is 90.1 cm³/mol. The van der Waals surface area contributed by atoms with E-state index in [0.29, 0.717) is 13.2 Å². The van der Waals surface area contributed by atoms with Crippen molar-refractivity contribution in [1.82, 2.24) is 4.90 Å². The largest absolute Gasteiger partial charge is 0.500 e. The van der Waals surface area contributed by atoms with Crippen LogP contribution in [0.3, 0.4) is 0 Å². The molecule has 22 heavy (non-hydrogen) atoms. The molecule has 0 radical (unpaired) electrons. The summed E-state index contributed by atoms with van der Waals surface area (Å²) in [5.41, 5.74) is 0. The molecule has 0 aromatic heterocycles. The molecule has 0 bridgehead atoms. The van der Waals surface area contributed by atoms with E-state index in [1.165, 1.54) is 0 Å². The quantitative estimate of drug-likeness (QED) is 0.439. The molecular formula is C14H29NO5SSi. The van der Waals surface area contributed by atoms with Gasteiger partial charge in [-0.3, -0.25) is 4.79 Å². The van der Waals surface area contributed by atoms with Gasteiger partial charge in [0, 0.05) is 52.1 Å². The molecule has 0 N–H and O–H groups in total. The zero-order valence-electron chi connectivity index (χ0n) is 14.1. The van der Waals surface area contributed by atoms with Gasteiger partial charge >= 0.3 is 8.80 Å². The minimum Gasteiger partial charge on any atom is -0.378 e. The second-order valence-corrected chi connectivity index (χ2v) is 9.55. The van der Waals surface area contributed by atoms with Crippen molar-refractivity contribution in [2.24, 2.45) is 5.92 Å². The zero-order chi connectivity index (χ0) is 16.4. The van der Waals surface area contributed by atoms with Gasteiger partial charge in [-0.05, 0) is 12.2 Å². The molecule has 8 heteroatoms. The molecule has 1 amide bonds. The Kier molecular flexibility index (Phi) is 9.61. The van der Waals surface area contributed by atoms with E-state index in [4.69, 9.17) is 18.0 Å². The van der Waals surface area contributed by atoms with Crippen LogP contribution in [0.1, 0.15) is 13.3 Å². The van der Waals surface area contributed by atoms with Crippen LogP contribution in [0.25, 0.3) is 0 Å². The Morgan fingerprint density at radius 3 is 2.36 bits per heavy atom. The van der Waals surface area contributed by atoms with Gasteiger partial charge in [-0.1, -0.05) is 6.92 Å². The molecule has 1 unspecified atom stereocenters. The number of thioether (sulfide) groups is 1. The molecule has 0 aliphatic carbocycles. The smallest absolute Gasteiger partial charge is 0.378 e. The summed E-state index contributed by atoms with van der Waals surface area (Å²) in [6.45, 7) is 4.75. The van der Waals surface area contributed by atoms with Crippen LogP contribution >= 0.6 is 11.8 Å². The Morgan fingerprint density at radius 2 is 1.82 bits per heavy atom. The van der Waals surface area contributed by atoms with Crippen molar-refractivity contribution in [3.8, 4) is 0 Å². The number of hydrogen-bond acceptors (Lipinski definition) is 6. The van der Waals surface area contributed by atoms with E-state index < -0.39 is 8.80 Å². The number of amides is 1. The average Bonchev–Trinajstić information content (AvgIpc) is 2.58. The number of carbonyl (C=O) groups is 1. The number of carbonyl (C=O) groups excluding carboxylic acids is 1. The Balaban J connectivity index is 2.19. The summed E-state index contributed by atoms with van der Waals surface area (Å²) in [6.07, 6.45) is 0.963. The summed E-state index contributed by atoms with van der Waals surface area (Å²) in [6, 6.07) is 0.801. The van der Waals surface area contributed by atoms with Crippen molar-refractivity contribution >= 4 is 26.5 Å². The fraction of sp³-hybridized carbons (Fsp3) is 0.929. The number of nitrogens with zero attached hydrogens (tertiary/aromatic N) is 1. The first-order chi connectivity index (χ1) is 10.6. The van der Waals surface area contributed by atoms with Gasteiger partial charge in [0.15, 0.2) is 0 Å². The molecule has 130 valence electrons. The summed E-state index contributed by atoms with van der Waals surface area (Å²) in [5, 5.41) is 0. The van der Waals surface area contributed by atoms with Crippen LogP contribution in [-0.4, -0.2) is 78.7 Å². The lowest BCUT2D eigenvalue weighted by molar-refractivity contribution is -0.138. The van der Waals surface area contributed by atoms with Gasteiger partial charge in [-0.2, -0.15) is 11.8 Å². The van der Waals surface area contributed by atoms with Crippen LogP contribution in [0.5, 0.6) is 0 Å². The maximum absolute atomic E-state index is 12.3. The molecule has 0 saturated carbocycles. The Labute approximate surface area is 139 Å². The first kappa shape index (κ1) is 19.9. The SMILES string of the molecule is CO[Si](CCCSCC(C)C(=O)N1CCOCC1)(OC)OC. The number of ether oxygens (including phenoxy) is 1. The fourth-order valence-electron chi connectivity index (χ4n) is 2.37. The lowest BCUT2D eigenvalue weighted by Gasteiger charge is -2.29. The van der Waals surface area contributed by atoms with Gasteiger partial charge < -0.3 is 22.9 Å². The molecule has 0 spiro atoms. The highest BCUT2D eigenvalue weighted by molar-refractivity contribution is 7.99. The first-order valence-electron chi connectivity index (χ1n) is 7.68. The Morgan fingerprint density at radius 1 is 1.23 bits per heavy atom. The third kappa shape index (κ3) is 6.17. The zero-order valence-corrected chi connectivity index (χ0v) is 15.9. The molecule has 1 rings (SSSR count). The minimum atomic E-state index is -2.45. The summed E-state index contributed by atoms with van der Waals surface area (Å²) < 4.78 is 21.5. The van der Waals surface area contributed by atoms with Crippen molar-refractivity contribution < 1.29 is 22.8 Å². The highest BCUT2D eigenvalue weighted by Crippen LogP contribution is 2.19. The van der Waals surface area contributed by atoms with Gasteiger partial charge in [0.1, 0.15) is 0 Å². The molecular weight excluding hydrogens is 322 g/mol. The van der Waals surface area contributed by atoms with Crippen molar-refractivity contribution in [2.45, 2.75) is 19.4 Å². The maximum Gasteiger partial charge on any atom is 0.500 e. The monoisotopic (exact) mass is 351 g/mol. The van der Waals surface area contributed by atoms with Crippen LogP contribution in [-0.2, 0) is 22.8 Å². The molecule has 1 saturated heterocycles. The molecule has 1 aliphatic heterocycles. The molecule has 1 fully saturated rings. The second-order valence-electron chi connectivity index (χ2n) is 5.31. The lowest BCUT2D eigenvalue weighted by Crippen LogP contribution is -2.43. The van der Waals surface area contributed by atoms with Crippen LogP contribution in [0.15, 0.2) is 0 Å². The van der Waals surface area contributed by atoms with Crippen LogP contribution in [0.4, 0.5) is 0 Å².